The fraction of sp³-hybridized carbons (Fsp3) is 0.556. The minimum atomic E-state index is -0.884. The van der Waals surface area contributed by atoms with Crippen LogP contribution in [0.25, 0.3) is 0 Å². The van der Waals surface area contributed by atoms with Crippen molar-refractivity contribution in [1.29, 1.82) is 0 Å². The van der Waals surface area contributed by atoms with Crippen LogP contribution in [0.3, 0.4) is 0 Å². The lowest BCUT2D eigenvalue weighted by atomic mass is 9.89. The third-order valence-corrected chi connectivity index (χ3v) is 4.65. The molecule has 1 aromatic carbocycles. The highest BCUT2D eigenvalue weighted by atomic mass is 16.3. The van der Waals surface area contributed by atoms with Crippen LogP contribution in [0.2, 0.25) is 0 Å². The first-order valence-electron chi connectivity index (χ1n) is 8.05. The molecule has 1 fully saturated rings. The van der Waals surface area contributed by atoms with Gasteiger partial charge in [0.2, 0.25) is 5.91 Å². The summed E-state index contributed by atoms with van der Waals surface area (Å²) in [5.41, 5.74) is 0.938. The Hall–Kier alpha value is -1.68. The quantitative estimate of drug-likeness (QED) is 0.810. The molecule has 0 unspecified atom stereocenters. The van der Waals surface area contributed by atoms with Gasteiger partial charge in [-0.1, -0.05) is 50.6 Å². The maximum absolute atomic E-state index is 12.1. The van der Waals surface area contributed by atoms with Crippen LogP contribution in [0, 0.1) is 11.8 Å². The summed E-state index contributed by atoms with van der Waals surface area (Å²) in [6.45, 7) is 4.18. The van der Waals surface area contributed by atoms with Crippen molar-refractivity contribution in [3.8, 4) is 0 Å². The number of nitrogens with one attached hydrogen (secondary N) is 1. The van der Waals surface area contributed by atoms with Gasteiger partial charge in [-0.15, -0.1) is 0 Å². The van der Waals surface area contributed by atoms with Crippen molar-refractivity contribution in [2.24, 2.45) is 11.8 Å². The zero-order valence-corrected chi connectivity index (χ0v) is 13.3. The summed E-state index contributed by atoms with van der Waals surface area (Å²) >= 11 is 0. The van der Waals surface area contributed by atoms with E-state index in [1.54, 1.807) is 0 Å². The summed E-state index contributed by atoms with van der Waals surface area (Å²) in [6.07, 6.45) is 1.07. The molecule has 0 aliphatic carbocycles. The Balaban J connectivity index is 1.88. The van der Waals surface area contributed by atoms with Gasteiger partial charge in [0.05, 0.1) is 12.0 Å². The molecule has 1 aliphatic rings. The van der Waals surface area contributed by atoms with Gasteiger partial charge in [0, 0.05) is 18.9 Å². The second-order valence-corrected chi connectivity index (χ2v) is 6.32. The summed E-state index contributed by atoms with van der Waals surface area (Å²) in [6, 6.07) is 9.58. The van der Waals surface area contributed by atoms with E-state index < -0.39 is 12.0 Å². The zero-order valence-electron chi connectivity index (χ0n) is 13.3. The maximum Gasteiger partial charge on any atom is 0.226 e. The molecular formula is C18H25NO3. The number of rotatable bonds is 7. The SMILES string of the molecule is CC[C@H](C)[C@H]1C[C@H]([C@@H](O)CC(=O)Cc2ccccc2)C(=O)N1. The number of carbonyl (C=O) groups is 2. The second kappa shape index (κ2) is 7.54. The van der Waals surface area contributed by atoms with E-state index >= 15 is 0 Å². The average Bonchev–Trinajstić information content (AvgIpc) is 2.89. The van der Waals surface area contributed by atoms with Crippen LogP contribution in [0.1, 0.15) is 38.7 Å². The Morgan fingerprint density at radius 2 is 2.05 bits per heavy atom. The largest absolute Gasteiger partial charge is 0.392 e. The summed E-state index contributed by atoms with van der Waals surface area (Å²) in [5.74, 6) is -0.219. The van der Waals surface area contributed by atoms with E-state index in [1.165, 1.54) is 0 Å². The molecular weight excluding hydrogens is 278 g/mol. The number of ketones is 1. The summed E-state index contributed by atoms with van der Waals surface area (Å²) in [4.78, 5) is 24.1. The van der Waals surface area contributed by atoms with Gasteiger partial charge in [-0.2, -0.15) is 0 Å². The van der Waals surface area contributed by atoms with E-state index in [0.29, 0.717) is 18.8 Å². The summed E-state index contributed by atoms with van der Waals surface area (Å²) < 4.78 is 0. The van der Waals surface area contributed by atoms with Crippen LogP contribution in [-0.4, -0.2) is 28.9 Å². The third-order valence-electron chi connectivity index (χ3n) is 4.65. The Morgan fingerprint density at radius 3 is 2.68 bits per heavy atom. The first-order chi connectivity index (χ1) is 10.5. The topological polar surface area (TPSA) is 66.4 Å². The fourth-order valence-electron chi connectivity index (χ4n) is 2.99. The molecule has 2 rings (SSSR count). The number of benzene rings is 1. The molecule has 0 saturated carbocycles. The number of aliphatic hydroxyl groups is 1. The Bertz CT molecular complexity index is 514. The number of hydrogen-bond acceptors (Lipinski definition) is 3. The first-order valence-corrected chi connectivity index (χ1v) is 8.05. The molecule has 120 valence electrons. The van der Waals surface area contributed by atoms with Gasteiger partial charge >= 0.3 is 0 Å². The molecule has 0 spiro atoms. The van der Waals surface area contributed by atoms with E-state index in [4.69, 9.17) is 0 Å². The monoisotopic (exact) mass is 303 g/mol. The second-order valence-electron chi connectivity index (χ2n) is 6.32. The standard InChI is InChI=1S/C18H25NO3/c1-3-12(2)16-11-15(18(22)19-16)17(21)10-14(20)9-13-7-5-4-6-8-13/h4-8,12,15-17,21H,3,9-11H2,1-2H3,(H,19,22)/t12-,15+,16+,17-/m0/s1. The third kappa shape index (κ3) is 4.17. The molecule has 1 saturated heterocycles. The van der Waals surface area contributed by atoms with E-state index in [2.05, 4.69) is 19.2 Å². The van der Waals surface area contributed by atoms with Crippen LogP contribution in [0.5, 0.6) is 0 Å². The lowest BCUT2D eigenvalue weighted by Crippen LogP contribution is -2.33. The van der Waals surface area contributed by atoms with Crippen molar-refractivity contribution in [3.05, 3.63) is 35.9 Å². The van der Waals surface area contributed by atoms with E-state index in [9.17, 15) is 14.7 Å². The maximum atomic E-state index is 12.1. The van der Waals surface area contributed by atoms with Crippen molar-refractivity contribution in [1.82, 2.24) is 5.32 Å². The van der Waals surface area contributed by atoms with Crippen molar-refractivity contribution >= 4 is 11.7 Å². The highest BCUT2D eigenvalue weighted by Crippen LogP contribution is 2.26. The molecule has 1 heterocycles. The number of Topliss-reactive ketones (excluding diaryl/α,β-unsaturated/α-hetero) is 1. The van der Waals surface area contributed by atoms with Gasteiger partial charge < -0.3 is 10.4 Å². The summed E-state index contributed by atoms with van der Waals surface area (Å²) in [7, 11) is 0. The summed E-state index contributed by atoms with van der Waals surface area (Å²) in [5, 5.41) is 13.2. The Morgan fingerprint density at radius 1 is 1.36 bits per heavy atom. The van der Waals surface area contributed by atoms with Gasteiger partial charge in [-0.25, -0.2) is 0 Å². The molecule has 1 aromatic rings. The predicted molar refractivity (Wildman–Crippen MR) is 85.3 cm³/mol. The number of hydrogen-bond donors (Lipinski definition) is 2. The fourth-order valence-corrected chi connectivity index (χ4v) is 2.99. The molecule has 1 amide bonds. The number of aliphatic hydroxyl groups excluding tert-OH is 1. The molecule has 2 N–H and O–H groups in total. The zero-order chi connectivity index (χ0) is 16.1. The van der Waals surface area contributed by atoms with E-state index in [1.807, 2.05) is 30.3 Å². The molecule has 0 radical (unpaired) electrons. The average molecular weight is 303 g/mol. The molecule has 4 atom stereocenters. The molecule has 0 bridgehead atoms. The van der Waals surface area contributed by atoms with Crippen LogP contribution in [0.4, 0.5) is 0 Å². The van der Waals surface area contributed by atoms with E-state index in [0.717, 1.165) is 12.0 Å². The minimum absolute atomic E-state index is 0.0292. The van der Waals surface area contributed by atoms with Crippen LogP contribution >= 0.6 is 0 Å². The molecule has 4 heteroatoms. The lowest BCUT2D eigenvalue weighted by molar-refractivity contribution is -0.127. The molecule has 0 aromatic heterocycles. The highest BCUT2D eigenvalue weighted by molar-refractivity contribution is 5.85. The van der Waals surface area contributed by atoms with Crippen molar-refractivity contribution in [2.45, 2.75) is 51.7 Å². The molecule has 4 nitrogen and oxygen atoms in total. The first kappa shape index (κ1) is 16.7. The normalized spacial score (nSPS) is 23.9. The van der Waals surface area contributed by atoms with Crippen molar-refractivity contribution in [3.63, 3.8) is 0 Å². The predicted octanol–water partition coefficient (Wildman–Crippen LogP) is 2.10. The Kier molecular flexibility index (Phi) is 5.72. The van der Waals surface area contributed by atoms with Crippen molar-refractivity contribution in [2.75, 3.05) is 0 Å². The van der Waals surface area contributed by atoms with Gasteiger partial charge in [-0.05, 0) is 17.9 Å². The van der Waals surface area contributed by atoms with Crippen LogP contribution < -0.4 is 5.32 Å². The lowest BCUT2D eigenvalue weighted by Gasteiger charge is -2.18. The van der Waals surface area contributed by atoms with Crippen LogP contribution in [-0.2, 0) is 16.0 Å². The highest BCUT2D eigenvalue weighted by Gasteiger charge is 2.38. The molecule has 22 heavy (non-hydrogen) atoms. The van der Waals surface area contributed by atoms with Gasteiger partial charge in [-0.3, -0.25) is 9.59 Å². The van der Waals surface area contributed by atoms with E-state index in [-0.39, 0.29) is 24.2 Å². The minimum Gasteiger partial charge on any atom is -0.392 e. The number of carbonyl (C=O) groups excluding carboxylic acids is 2. The van der Waals surface area contributed by atoms with Gasteiger partial charge in [0.15, 0.2) is 0 Å². The Labute approximate surface area is 131 Å². The van der Waals surface area contributed by atoms with Crippen LogP contribution in [0.15, 0.2) is 30.3 Å². The number of amides is 1. The van der Waals surface area contributed by atoms with Crippen molar-refractivity contribution < 1.29 is 14.7 Å². The van der Waals surface area contributed by atoms with Gasteiger partial charge in [0.1, 0.15) is 5.78 Å². The molecule has 1 aliphatic heterocycles. The smallest absolute Gasteiger partial charge is 0.226 e. The van der Waals surface area contributed by atoms with Gasteiger partial charge in [0.25, 0.3) is 0 Å².